The van der Waals surface area contributed by atoms with Crippen molar-refractivity contribution in [3.8, 4) is 0 Å². The van der Waals surface area contributed by atoms with E-state index in [2.05, 4.69) is 39.7 Å². The molecule has 1 aliphatic carbocycles. The van der Waals surface area contributed by atoms with E-state index in [1.807, 2.05) is 13.8 Å². The predicted molar refractivity (Wildman–Crippen MR) is 75.9 cm³/mol. The number of nitrogens with one attached hydrogen (secondary N) is 1. The van der Waals surface area contributed by atoms with Gasteiger partial charge in [-0.25, -0.2) is 15.8 Å². The number of hydrogen-bond acceptors (Lipinski definition) is 4. The van der Waals surface area contributed by atoms with Gasteiger partial charge in [0, 0.05) is 17.2 Å². The third-order valence-corrected chi connectivity index (χ3v) is 3.96. The zero-order valence-corrected chi connectivity index (χ0v) is 11.3. The van der Waals surface area contributed by atoms with Gasteiger partial charge in [0.1, 0.15) is 11.6 Å². The Morgan fingerprint density at radius 3 is 2.32 bits per heavy atom. The lowest BCUT2D eigenvalue weighted by Gasteiger charge is -2.13. The number of nitrogen functional groups attached to an aromatic ring is 1. The maximum Gasteiger partial charge on any atom is 0.146 e. The fraction of sp³-hybridized carbons (Fsp3) is 0.333. The molecule has 0 saturated heterocycles. The first kappa shape index (κ1) is 12.1. The molecular weight excluding hydrogens is 236 g/mol. The van der Waals surface area contributed by atoms with Crippen LogP contribution in [0.15, 0.2) is 24.3 Å². The Kier molecular flexibility index (Phi) is 2.95. The molecular formula is C15H18N4. The van der Waals surface area contributed by atoms with Gasteiger partial charge in [-0.3, -0.25) is 0 Å². The van der Waals surface area contributed by atoms with Crippen molar-refractivity contribution in [1.29, 1.82) is 0 Å². The second kappa shape index (κ2) is 4.63. The topological polar surface area (TPSA) is 63.8 Å². The molecule has 98 valence electrons. The zero-order chi connectivity index (χ0) is 13.4. The molecule has 4 nitrogen and oxygen atoms in total. The van der Waals surface area contributed by atoms with E-state index in [1.165, 1.54) is 11.1 Å². The van der Waals surface area contributed by atoms with Crippen LogP contribution in [0, 0.1) is 13.8 Å². The normalized spacial score (nSPS) is 14.5. The number of benzene rings is 1. The average Bonchev–Trinajstić information content (AvgIpc) is 2.85. The fourth-order valence-corrected chi connectivity index (χ4v) is 2.71. The van der Waals surface area contributed by atoms with Crippen molar-refractivity contribution < 1.29 is 0 Å². The average molecular weight is 254 g/mol. The summed E-state index contributed by atoms with van der Waals surface area (Å²) in [7, 11) is 0. The second-order valence-corrected chi connectivity index (χ2v) is 5.16. The number of fused-ring (bicyclic) bond motifs is 1. The number of hydrazine groups is 1. The minimum Gasteiger partial charge on any atom is -0.308 e. The van der Waals surface area contributed by atoms with Gasteiger partial charge in [0.05, 0.1) is 0 Å². The van der Waals surface area contributed by atoms with Crippen molar-refractivity contribution in [2.24, 2.45) is 5.84 Å². The molecule has 3 rings (SSSR count). The number of anilines is 1. The molecule has 0 fully saturated rings. The second-order valence-electron chi connectivity index (χ2n) is 5.16. The molecule has 1 aromatic heterocycles. The summed E-state index contributed by atoms with van der Waals surface area (Å²) in [5, 5.41) is 0. The minimum absolute atomic E-state index is 0.365. The monoisotopic (exact) mass is 254 g/mol. The van der Waals surface area contributed by atoms with Crippen LogP contribution >= 0.6 is 0 Å². The van der Waals surface area contributed by atoms with Gasteiger partial charge in [-0.1, -0.05) is 24.3 Å². The molecule has 0 spiro atoms. The van der Waals surface area contributed by atoms with Crippen LogP contribution < -0.4 is 11.3 Å². The van der Waals surface area contributed by atoms with Crippen molar-refractivity contribution in [2.45, 2.75) is 32.6 Å². The summed E-state index contributed by atoms with van der Waals surface area (Å²) in [5.74, 6) is 7.53. The van der Waals surface area contributed by atoms with Gasteiger partial charge in [0.25, 0.3) is 0 Å². The molecule has 0 saturated carbocycles. The maximum atomic E-state index is 5.53. The lowest BCUT2D eigenvalue weighted by Crippen LogP contribution is -2.15. The summed E-state index contributed by atoms with van der Waals surface area (Å²) >= 11 is 0. The van der Waals surface area contributed by atoms with E-state index in [1.54, 1.807) is 0 Å². The molecule has 0 unspecified atom stereocenters. The molecule has 1 aromatic carbocycles. The van der Waals surface area contributed by atoms with Crippen molar-refractivity contribution in [3.05, 3.63) is 52.5 Å². The Balaban J connectivity index is 1.95. The van der Waals surface area contributed by atoms with E-state index in [4.69, 9.17) is 5.84 Å². The van der Waals surface area contributed by atoms with Crippen LogP contribution in [0.5, 0.6) is 0 Å². The van der Waals surface area contributed by atoms with Crippen LogP contribution in [0.1, 0.15) is 34.1 Å². The Hall–Kier alpha value is -1.94. The van der Waals surface area contributed by atoms with E-state index >= 15 is 0 Å². The smallest absolute Gasteiger partial charge is 0.146 e. The first-order valence-corrected chi connectivity index (χ1v) is 6.57. The highest BCUT2D eigenvalue weighted by Gasteiger charge is 2.25. The van der Waals surface area contributed by atoms with Gasteiger partial charge < -0.3 is 5.43 Å². The number of hydrogen-bond donors (Lipinski definition) is 2. The van der Waals surface area contributed by atoms with Crippen LogP contribution in [-0.4, -0.2) is 9.97 Å². The van der Waals surface area contributed by atoms with Gasteiger partial charge in [-0.15, -0.1) is 0 Å². The highest BCUT2D eigenvalue weighted by Crippen LogP contribution is 2.33. The van der Waals surface area contributed by atoms with Gasteiger partial charge in [0.2, 0.25) is 0 Å². The van der Waals surface area contributed by atoms with E-state index in [0.29, 0.717) is 5.92 Å². The van der Waals surface area contributed by atoms with Crippen LogP contribution in [0.2, 0.25) is 0 Å². The molecule has 0 amide bonds. The number of nitrogens with two attached hydrogens (primary N) is 1. The van der Waals surface area contributed by atoms with E-state index in [9.17, 15) is 0 Å². The summed E-state index contributed by atoms with van der Waals surface area (Å²) in [6.45, 7) is 3.99. The molecule has 0 bridgehead atoms. The summed E-state index contributed by atoms with van der Waals surface area (Å²) in [4.78, 5) is 9.21. The highest BCUT2D eigenvalue weighted by atomic mass is 15.3. The van der Waals surface area contributed by atoms with Gasteiger partial charge in [0.15, 0.2) is 0 Å². The predicted octanol–water partition coefficient (Wildman–Crippen LogP) is 2.26. The molecule has 2 aromatic rings. The number of aryl methyl sites for hydroxylation is 1. The summed E-state index contributed by atoms with van der Waals surface area (Å²) < 4.78 is 0. The molecule has 4 heteroatoms. The molecule has 0 atom stereocenters. The van der Waals surface area contributed by atoms with E-state index < -0.39 is 0 Å². The Labute approximate surface area is 113 Å². The molecule has 0 radical (unpaired) electrons. The highest BCUT2D eigenvalue weighted by molar-refractivity contribution is 5.45. The third-order valence-electron chi connectivity index (χ3n) is 3.96. The number of rotatable bonds is 2. The molecule has 1 heterocycles. The van der Waals surface area contributed by atoms with Crippen molar-refractivity contribution in [3.63, 3.8) is 0 Å². The molecule has 0 aliphatic heterocycles. The fourth-order valence-electron chi connectivity index (χ4n) is 2.71. The lowest BCUT2D eigenvalue weighted by molar-refractivity contribution is 0.677. The third kappa shape index (κ3) is 2.08. The zero-order valence-electron chi connectivity index (χ0n) is 11.3. The van der Waals surface area contributed by atoms with E-state index in [-0.39, 0.29) is 0 Å². The van der Waals surface area contributed by atoms with Crippen molar-refractivity contribution >= 4 is 5.82 Å². The SMILES string of the molecule is Cc1nc(C2Cc3ccccc3C2)nc(NN)c1C. The van der Waals surface area contributed by atoms with E-state index in [0.717, 1.165) is 35.7 Å². The lowest BCUT2D eigenvalue weighted by atomic mass is 10.1. The first-order chi connectivity index (χ1) is 9.19. The Morgan fingerprint density at radius 1 is 1.11 bits per heavy atom. The molecule has 19 heavy (non-hydrogen) atoms. The minimum atomic E-state index is 0.365. The van der Waals surface area contributed by atoms with Gasteiger partial charge in [-0.05, 0) is 37.8 Å². The Morgan fingerprint density at radius 2 is 1.74 bits per heavy atom. The van der Waals surface area contributed by atoms with Crippen molar-refractivity contribution in [2.75, 3.05) is 5.43 Å². The maximum absolute atomic E-state index is 5.53. The van der Waals surface area contributed by atoms with Crippen LogP contribution in [0.25, 0.3) is 0 Å². The standard InChI is InChI=1S/C15H18N4/c1-9-10(2)17-15(18-14(9)19-16)13-7-11-5-3-4-6-12(11)8-13/h3-6,13H,7-8,16H2,1-2H3,(H,17,18,19). The molecule has 1 aliphatic rings. The van der Waals surface area contributed by atoms with Crippen molar-refractivity contribution in [1.82, 2.24) is 9.97 Å². The van der Waals surface area contributed by atoms with Gasteiger partial charge in [-0.2, -0.15) is 0 Å². The van der Waals surface area contributed by atoms with Crippen LogP contribution in [-0.2, 0) is 12.8 Å². The number of nitrogens with zero attached hydrogens (tertiary/aromatic N) is 2. The molecule has 3 N–H and O–H groups in total. The summed E-state index contributed by atoms with van der Waals surface area (Å²) in [6.07, 6.45) is 2.03. The Bertz CT molecular complexity index is 597. The number of aromatic nitrogens is 2. The summed E-state index contributed by atoms with van der Waals surface area (Å²) in [6, 6.07) is 8.57. The van der Waals surface area contributed by atoms with Gasteiger partial charge >= 0.3 is 0 Å². The first-order valence-electron chi connectivity index (χ1n) is 6.57. The largest absolute Gasteiger partial charge is 0.308 e. The summed E-state index contributed by atoms with van der Waals surface area (Å²) in [5.41, 5.74) is 7.51. The quantitative estimate of drug-likeness (QED) is 0.637. The van der Waals surface area contributed by atoms with Crippen LogP contribution in [0.4, 0.5) is 5.82 Å². The van der Waals surface area contributed by atoms with Crippen LogP contribution in [0.3, 0.4) is 0 Å².